The van der Waals surface area contributed by atoms with E-state index in [1.807, 2.05) is 0 Å². The van der Waals surface area contributed by atoms with Crippen LogP contribution in [-0.2, 0) is 0 Å². The van der Waals surface area contributed by atoms with Crippen LogP contribution in [0.15, 0.2) is 0 Å². The summed E-state index contributed by atoms with van der Waals surface area (Å²) in [6.07, 6.45) is 0. The van der Waals surface area contributed by atoms with Crippen LogP contribution in [0.25, 0.3) is 0 Å². The normalized spacial score (nSPS) is 14.2. The zero-order valence-corrected chi connectivity index (χ0v) is 4.92. The summed E-state index contributed by atoms with van der Waals surface area (Å²) < 4.78 is 0. The van der Waals surface area contributed by atoms with E-state index < -0.39 is 11.5 Å². The van der Waals surface area contributed by atoms with Gasteiger partial charge in [0.1, 0.15) is 5.60 Å². The highest BCUT2D eigenvalue weighted by atomic mass is 16.5. The van der Waals surface area contributed by atoms with Gasteiger partial charge in [-0.05, 0) is 13.8 Å². The van der Waals surface area contributed by atoms with Crippen molar-refractivity contribution in [1.82, 2.24) is 0 Å². The summed E-state index contributed by atoms with van der Waals surface area (Å²) in [5, 5.41) is 25.6. The van der Waals surface area contributed by atoms with Gasteiger partial charge in [-0.2, -0.15) is 0 Å². The lowest BCUT2D eigenvalue weighted by atomic mass is 10.1. The van der Waals surface area contributed by atoms with Crippen LogP contribution in [0.2, 0.25) is 0 Å². The minimum Gasteiger partial charge on any atom is -0.383 e. The van der Waals surface area contributed by atoms with Crippen molar-refractivity contribution in [2.75, 3.05) is 0 Å². The average molecular weight is 121 g/mol. The second-order valence-corrected chi connectivity index (χ2v) is 2.29. The summed E-state index contributed by atoms with van der Waals surface area (Å²) in [6.45, 7) is 2.40. The summed E-state index contributed by atoms with van der Waals surface area (Å²) in [7, 11) is 0. The number of aliphatic hydroxyl groups is 3. The Labute approximate surface area is 47.6 Å². The van der Waals surface area contributed by atoms with E-state index in [9.17, 15) is 0 Å². The first-order chi connectivity index (χ1) is 3.25. The van der Waals surface area contributed by atoms with Crippen LogP contribution in [0.1, 0.15) is 13.8 Å². The van der Waals surface area contributed by atoms with E-state index in [1.165, 1.54) is 13.8 Å². The van der Waals surface area contributed by atoms with E-state index in [2.05, 4.69) is 5.73 Å². The van der Waals surface area contributed by atoms with Crippen molar-refractivity contribution in [3.63, 3.8) is 0 Å². The van der Waals surface area contributed by atoms with Crippen molar-refractivity contribution in [2.45, 2.75) is 25.4 Å². The third-order valence-electron chi connectivity index (χ3n) is 0.900. The highest BCUT2D eigenvalue weighted by molar-refractivity contribution is 4.76. The third kappa shape index (κ3) is 1.75. The lowest BCUT2D eigenvalue weighted by Gasteiger charge is -2.28. The predicted molar refractivity (Wildman–Crippen MR) is 27.7 cm³/mol. The first kappa shape index (κ1) is 7.84. The van der Waals surface area contributed by atoms with Gasteiger partial charge in [-0.25, -0.2) is 0 Å². The largest absolute Gasteiger partial charge is 0.383 e. The molecule has 0 saturated heterocycles. The van der Waals surface area contributed by atoms with Crippen LogP contribution < -0.4 is 5.73 Å². The van der Waals surface area contributed by atoms with Crippen LogP contribution in [0.4, 0.5) is 0 Å². The fourth-order valence-corrected chi connectivity index (χ4v) is 0. The summed E-state index contributed by atoms with van der Waals surface area (Å²) in [4.78, 5) is 0. The Morgan fingerprint density at radius 2 is 1.25 bits per heavy atom. The van der Waals surface area contributed by atoms with Crippen LogP contribution in [0.3, 0.4) is 0 Å². The van der Waals surface area contributed by atoms with Crippen LogP contribution in [-0.4, -0.2) is 26.8 Å². The molecular formula is C4H11NO3. The van der Waals surface area contributed by atoms with E-state index in [0.717, 1.165) is 0 Å². The standard InChI is InChI=1S/C4H11NO3/c1-3(2,6)4(5,7)8/h6-8H,5H2,1-2H3. The van der Waals surface area contributed by atoms with Gasteiger partial charge in [0.2, 0.25) is 5.91 Å². The minimum atomic E-state index is -2.51. The Balaban J connectivity index is 4.02. The van der Waals surface area contributed by atoms with Gasteiger partial charge in [-0.1, -0.05) is 0 Å². The zero-order chi connectivity index (χ0) is 7.00. The quantitative estimate of drug-likeness (QED) is 0.313. The van der Waals surface area contributed by atoms with E-state index in [-0.39, 0.29) is 0 Å². The molecule has 4 nitrogen and oxygen atoms in total. The molecule has 0 atom stereocenters. The molecule has 5 N–H and O–H groups in total. The summed E-state index contributed by atoms with van der Waals surface area (Å²) in [5.41, 5.74) is 3.00. The molecule has 0 aromatic rings. The van der Waals surface area contributed by atoms with Gasteiger partial charge in [-0.3, -0.25) is 5.73 Å². The molecule has 0 spiro atoms. The molecule has 4 heteroatoms. The summed E-state index contributed by atoms with van der Waals surface area (Å²) in [5.74, 6) is -2.51. The number of rotatable bonds is 1. The molecule has 0 amide bonds. The topological polar surface area (TPSA) is 86.7 Å². The van der Waals surface area contributed by atoms with Crippen LogP contribution in [0.5, 0.6) is 0 Å². The molecule has 8 heavy (non-hydrogen) atoms. The van der Waals surface area contributed by atoms with E-state index >= 15 is 0 Å². The third-order valence-corrected chi connectivity index (χ3v) is 0.900. The maximum absolute atomic E-state index is 8.73. The van der Waals surface area contributed by atoms with Crippen molar-refractivity contribution in [1.29, 1.82) is 0 Å². The molecular weight excluding hydrogens is 110 g/mol. The first-order valence-corrected chi connectivity index (χ1v) is 2.21. The lowest BCUT2D eigenvalue weighted by Crippen LogP contribution is -2.57. The molecule has 0 unspecified atom stereocenters. The monoisotopic (exact) mass is 121 g/mol. The molecule has 0 aromatic heterocycles. The maximum Gasteiger partial charge on any atom is 0.249 e. The highest BCUT2D eigenvalue weighted by Crippen LogP contribution is 2.11. The van der Waals surface area contributed by atoms with Gasteiger partial charge in [0.05, 0.1) is 0 Å². The Kier molecular flexibility index (Phi) is 1.63. The van der Waals surface area contributed by atoms with Gasteiger partial charge in [0.15, 0.2) is 0 Å². The van der Waals surface area contributed by atoms with E-state index in [0.29, 0.717) is 0 Å². The van der Waals surface area contributed by atoms with Gasteiger partial charge in [0, 0.05) is 0 Å². The molecule has 0 aliphatic rings. The van der Waals surface area contributed by atoms with Crippen molar-refractivity contribution in [2.24, 2.45) is 5.73 Å². The minimum absolute atomic E-state index is 1.20. The Bertz CT molecular complexity index is 66.3. The first-order valence-electron chi connectivity index (χ1n) is 2.21. The number of hydrogen-bond donors (Lipinski definition) is 4. The second kappa shape index (κ2) is 1.66. The van der Waals surface area contributed by atoms with Gasteiger partial charge in [0.25, 0.3) is 0 Å². The molecule has 50 valence electrons. The van der Waals surface area contributed by atoms with Crippen molar-refractivity contribution in [3.05, 3.63) is 0 Å². The number of nitrogens with two attached hydrogens (primary N) is 1. The van der Waals surface area contributed by atoms with Gasteiger partial charge >= 0.3 is 0 Å². The number of hydrogen-bond acceptors (Lipinski definition) is 4. The van der Waals surface area contributed by atoms with E-state index in [1.54, 1.807) is 0 Å². The van der Waals surface area contributed by atoms with Crippen molar-refractivity contribution < 1.29 is 15.3 Å². The molecule has 0 bridgehead atoms. The Morgan fingerprint density at radius 1 is 1.12 bits per heavy atom. The molecule has 0 rings (SSSR count). The van der Waals surface area contributed by atoms with Gasteiger partial charge in [-0.15, -0.1) is 0 Å². The van der Waals surface area contributed by atoms with Crippen LogP contribution in [0, 0.1) is 0 Å². The van der Waals surface area contributed by atoms with Crippen molar-refractivity contribution in [3.8, 4) is 0 Å². The fraction of sp³-hybridized carbons (Fsp3) is 1.00. The maximum atomic E-state index is 8.73. The molecule has 0 aliphatic carbocycles. The Morgan fingerprint density at radius 3 is 1.25 bits per heavy atom. The average Bonchev–Trinajstić information content (AvgIpc) is 1.25. The van der Waals surface area contributed by atoms with Crippen LogP contribution >= 0.6 is 0 Å². The lowest BCUT2D eigenvalue weighted by molar-refractivity contribution is -0.258. The molecule has 0 heterocycles. The molecule has 0 fully saturated rings. The molecule has 0 saturated carbocycles. The summed E-state index contributed by atoms with van der Waals surface area (Å²) >= 11 is 0. The molecule has 0 aliphatic heterocycles. The SMILES string of the molecule is CC(C)(O)C(N)(O)O. The summed E-state index contributed by atoms with van der Waals surface area (Å²) in [6, 6.07) is 0. The fourth-order valence-electron chi connectivity index (χ4n) is 0. The predicted octanol–water partition coefficient (Wildman–Crippen LogP) is -1.65. The van der Waals surface area contributed by atoms with E-state index in [4.69, 9.17) is 15.3 Å². The molecule has 0 radical (unpaired) electrons. The Hall–Kier alpha value is -0.160. The van der Waals surface area contributed by atoms with Crippen molar-refractivity contribution >= 4 is 0 Å². The molecule has 0 aromatic carbocycles. The smallest absolute Gasteiger partial charge is 0.249 e. The van der Waals surface area contributed by atoms with Gasteiger partial charge < -0.3 is 15.3 Å². The zero-order valence-electron chi connectivity index (χ0n) is 4.92. The second-order valence-electron chi connectivity index (χ2n) is 2.29. The highest BCUT2D eigenvalue weighted by Gasteiger charge is 2.35.